The summed E-state index contributed by atoms with van der Waals surface area (Å²) >= 11 is 0. The van der Waals surface area contributed by atoms with Gasteiger partial charge in [0, 0.05) is 0 Å². The van der Waals surface area contributed by atoms with Crippen molar-refractivity contribution in [2.75, 3.05) is 0 Å². The number of rotatable bonds is 3. The van der Waals surface area contributed by atoms with Crippen LogP contribution in [0.15, 0.2) is 18.2 Å². The highest BCUT2D eigenvalue weighted by Crippen LogP contribution is 2.21. The lowest BCUT2D eigenvalue weighted by molar-refractivity contribution is 0.0205. The van der Waals surface area contributed by atoms with E-state index in [1.165, 1.54) is 5.56 Å². The molecule has 1 aromatic rings. The van der Waals surface area contributed by atoms with Gasteiger partial charge in [0.2, 0.25) is 0 Å². The number of ether oxygens (including phenoxy) is 2. The van der Waals surface area contributed by atoms with Gasteiger partial charge in [-0.15, -0.1) is 0 Å². The molecule has 100 valence electrons. The summed E-state index contributed by atoms with van der Waals surface area (Å²) < 4.78 is 10.3. The van der Waals surface area contributed by atoms with Crippen LogP contribution in [0.1, 0.15) is 45.2 Å². The molecule has 0 aliphatic carbocycles. The first-order valence-corrected chi connectivity index (χ1v) is 6.32. The first kappa shape index (κ1) is 14.6. The van der Waals surface area contributed by atoms with Gasteiger partial charge in [-0.3, -0.25) is 0 Å². The summed E-state index contributed by atoms with van der Waals surface area (Å²) in [6.07, 6.45) is 1.48. The molecule has 0 aliphatic rings. The Hall–Kier alpha value is -1.51. The minimum atomic E-state index is -0.658. The third-order valence-electron chi connectivity index (χ3n) is 2.36. The first-order valence-electron chi connectivity index (χ1n) is 6.32. The van der Waals surface area contributed by atoms with Gasteiger partial charge < -0.3 is 9.47 Å². The first-order chi connectivity index (χ1) is 8.31. The molecular formula is C15H22O3. The summed E-state index contributed by atoms with van der Waals surface area (Å²) in [4.78, 5) is 11.5. The zero-order valence-electron chi connectivity index (χ0n) is 11.9. The Balaban J connectivity index is 2.71. The van der Waals surface area contributed by atoms with Gasteiger partial charge in [-0.25, -0.2) is 4.79 Å². The lowest BCUT2D eigenvalue weighted by Crippen LogP contribution is -2.26. The molecular weight excluding hydrogens is 228 g/mol. The van der Waals surface area contributed by atoms with E-state index in [1.54, 1.807) is 0 Å². The van der Waals surface area contributed by atoms with Crippen molar-refractivity contribution in [2.45, 2.75) is 53.1 Å². The Labute approximate surface area is 109 Å². The highest BCUT2D eigenvalue weighted by molar-refractivity contribution is 5.65. The van der Waals surface area contributed by atoms with Crippen molar-refractivity contribution in [2.24, 2.45) is 0 Å². The number of aryl methyl sites for hydroxylation is 2. The van der Waals surface area contributed by atoms with Crippen LogP contribution in [0.5, 0.6) is 5.75 Å². The van der Waals surface area contributed by atoms with Gasteiger partial charge in [0.15, 0.2) is 0 Å². The van der Waals surface area contributed by atoms with E-state index >= 15 is 0 Å². The maximum atomic E-state index is 11.5. The predicted molar refractivity (Wildman–Crippen MR) is 72.0 cm³/mol. The van der Waals surface area contributed by atoms with E-state index in [0.29, 0.717) is 5.75 Å². The fourth-order valence-electron chi connectivity index (χ4n) is 1.63. The molecule has 0 bridgehead atoms. The smallest absolute Gasteiger partial charge is 0.428 e. The van der Waals surface area contributed by atoms with Gasteiger partial charge in [-0.1, -0.05) is 25.5 Å². The van der Waals surface area contributed by atoms with Crippen molar-refractivity contribution in [3.8, 4) is 5.75 Å². The third kappa shape index (κ3) is 4.78. The largest absolute Gasteiger partial charge is 0.514 e. The van der Waals surface area contributed by atoms with E-state index < -0.39 is 11.8 Å². The van der Waals surface area contributed by atoms with Crippen LogP contribution < -0.4 is 4.74 Å². The second kappa shape index (κ2) is 5.89. The van der Waals surface area contributed by atoms with Gasteiger partial charge in [0.25, 0.3) is 0 Å². The van der Waals surface area contributed by atoms with Crippen LogP contribution in [-0.4, -0.2) is 11.8 Å². The van der Waals surface area contributed by atoms with Gasteiger partial charge in [0.1, 0.15) is 11.4 Å². The molecule has 0 unspecified atom stereocenters. The molecule has 0 saturated carbocycles. The van der Waals surface area contributed by atoms with Crippen LogP contribution >= 0.6 is 0 Å². The molecule has 1 rings (SSSR count). The van der Waals surface area contributed by atoms with Gasteiger partial charge in [0.05, 0.1) is 0 Å². The maximum absolute atomic E-state index is 11.5. The molecule has 0 aromatic heterocycles. The highest BCUT2D eigenvalue weighted by atomic mass is 16.7. The molecule has 0 fully saturated rings. The van der Waals surface area contributed by atoms with Crippen molar-refractivity contribution in [1.29, 1.82) is 0 Å². The summed E-state index contributed by atoms with van der Waals surface area (Å²) in [7, 11) is 0. The molecule has 0 spiro atoms. The topological polar surface area (TPSA) is 35.5 Å². The van der Waals surface area contributed by atoms with Crippen LogP contribution in [0.4, 0.5) is 4.79 Å². The fraction of sp³-hybridized carbons (Fsp3) is 0.533. The Morgan fingerprint density at radius 3 is 2.44 bits per heavy atom. The Morgan fingerprint density at radius 1 is 1.28 bits per heavy atom. The summed E-state index contributed by atoms with van der Waals surface area (Å²) in [5, 5.41) is 0. The van der Waals surface area contributed by atoms with Gasteiger partial charge >= 0.3 is 6.16 Å². The SMILES string of the molecule is CCCc1ccc(OC(=O)OC(C)(C)C)c(C)c1. The minimum absolute atomic E-state index is 0.535. The number of benzene rings is 1. The van der Waals surface area contributed by atoms with Gasteiger partial charge in [-0.05, 0) is 51.3 Å². The molecule has 0 radical (unpaired) electrons. The number of carbonyl (C=O) groups excluding carboxylic acids is 1. The molecule has 3 heteroatoms. The molecule has 0 amide bonds. The van der Waals surface area contributed by atoms with E-state index in [0.717, 1.165) is 18.4 Å². The predicted octanol–water partition coefficient (Wildman–Crippen LogP) is 4.26. The quantitative estimate of drug-likeness (QED) is 0.594. The average molecular weight is 250 g/mol. The summed E-state index contributed by atoms with van der Waals surface area (Å²) in [5.41, 5.74) is 1.67. The monoisotopic (exact) mass is 250 g/mol. The molecule has 0 N–H and O–H groups in total. The molecule has 0 atom stereocenters. The molecule has 18 heavy (non-hydrogen) atoms. The lowest BCUT2D eigenvalue weighted by Gasteiger charge is -2.19. The second-order valence-corrected chi connectivity index (χ2v) is 5.42. The lowest BCUT2D eigenvalue weighted by atomic mass is 10.1. The molecule has 0 aliphatic heterocycles. The third-order valence-corrected chi connectivity index (χ3v) is 2.36. The van der Waals surface area contributed by atoms with Crippen LogP contribution in [-0.2, 0) is 11.2 Å². The van der Waals surface area contributed by atoms with Crippen LogP contribution in [0.3, 0.4) is 0 Å². The molecule has 0 heterocycles. The minimum Gasteiger partial charge on any atom is -0.428 e. The van der Waals surface area contributed by atoms with Crippen molar-refractivity contribution < 1.29 is 14.3 Å². The summed E-state index contributed by atoms with van der Waals surface area (Å²) in [6.45, 7) is 9.50. The molecule has 1 aromatic carbocycles. The number of carbonyl (C=O) groups is 1. The standard InChI is InChI=1S/C15H22O3/c1-6-7-12-8-9-13(11(2)10-12)17-14(16)18-15(3,4)5/h8-10H,6-7H2,1-5H3. The van der Waals surface area contributed by atoms with Crippen LogP contribution in [0.25, 0.3) is 0 Å². The van der Waals surface area contributed by atoms with E-state index in [9.17, 15) is 4.79 Å². The van der Waals surface area contributed by atoms with E-state index in [1.807, 2.05) is 45.9 Å². The number of hydrogen-bond donors (Lipinski definition) is 0. The number of hydrogen-bond acceptors (Lipinski definition) is 3. The van der Waals surface area contributed by atoms with E-state index in [-0.39, 0.29) is 0 Å². The van der Waals surface area contributed by atoms with Crippen molar-refractivity contribution in [3.63, 3.8) is 0 Å². The Morgan fingerprint density at radius 2 is 1.94 bits per heavy atom. The zero-order valence-corrected chi connectivity index (χ0v) is 11.9. The van der Waals surface area contributed by atoms with E-state index in [2.05, 4.69) is 6.92 Å². The normalized spacial score (nSPS) is 11.2. The maximum Gasteiger partial charge on any atom is 0.514 e. The fourth-order valence-corrected chi connectivity index (χ4v) is 1.63. The van der Waals surface area contributed by atoms with Crippen LogP contribution in [0.2, 0.25) is 0 Å². The van der Waals surface area contributed by atoms with Crippen molar-refractivity contribution in [3.05, 3.63) is 29.3 Å². The summed E-state index contributed by atoms with van der Waals surface area (Å²) in [6, 6.07) is 5.85. The molecule has 3 nitrogen and oxygen atoms in total. The molecule has 0 saturated heterocycles. The van der Waals surface area contributed by atoms with E-state index in [4.69, 9.17) is 9.47 Å². The average Bonchev–Trinajstić information content (AvgIpc) is 2.20. The highest BCUT2D eigenvalue weighted by Gasteiger charge is 2.18. The second-order valence-electron chi connectivity index (χ2n) is 5.42. The zero-order chi connectivity index (χ0) is 13.8. The van der Waals surface area contributed by atoms with Gasteiger partial charge in [-0.2, -0.15) is 0 Å². The Bertz CT molecular complexity index is 416. The Kier molecular flexibility index (Phi) is 4.76. The summed E-state index contributed by atoms with van der Waals surface area (Å²) in [5.74, 6) is 0.559. The van der Waals surface area contributed by atoms with Crippen molar-refractivity contribution in [1.82, 2.24) is 0 Å². The van der Waals surface area contributed by atoms with Crippen LogP contribution in [0, 0.1) is 6.92 Å². The van der Waals surface area contributed by atoms with Crippen molar-refractivity contribution >= 4 is 6.16 Å².